The molecule has 3 nitrogen and oxygen atoms in total. The minimum atomic E-state index is -0.545. The molecule has 0 spiro atoms. The molecule has 0 saturated carbocycles. The summed E-state index contributed by atoms with van der Waals surface area (Å²) in [5.74, 6) is 0.0223. The summed E-state index contributed by atoms with van der Waals surface area (Å²) in [6.07, 6.45) is 1.66. The third-order valence-electron chi connectivity index (χ3n) is 2.44. The Morgan fingerprint density at radius 3 is 2.89 bits per heavy atom. The van der Waals surface area contributed by atoms with E-state index in [1.54, 1.807) is 18.3 Å². The Morgan fingerprint density at radius 2 is 2.22 bits per heavy atom. The fourth-order valence-corrected chi connectivity index (χ4v) is 1.70. The van der Waals surface area contributed by atoms with Crippen LogP contribution in [0.4, 0.5) is 15.9 Å². The van der Waals surface area contributed by atoms with Crippen molar-refractivity contribution in [3.8, 4) is 6.07 Å². The van der Waals surface area contributed by atoms with Crippen LogP contribution >= 0.6 is 15.9 Å². The van der Waals surface area contributed by atoms with E-state index >= 15 is 0 Å². The zero-order chi connectivity index (χ0) is 13.1. The molecular formula is C13H9BrFN3. The number of aromatic nitrogens is 1. The molecule has 0 aliphatic carbocycles. The van der Waals surface area contributed by atoms with Gasteiger partial charge in [0.2, 0.25) is 0 Å². The lowest BCUT2D eigenvalue weighted by Gasteiger charge is -2.09. The smallest absolute Gasteiger partial charge is 0.143 e. The Kier molecular flexibility index (Phi) is 3.58. The first kappa shape index (κ1) is 12.5. The first-order valence-electron chi connectivity index (χ1n) is 5.19. The van der Waals surface area contributed by atoms with Crippen LogP contribution in [0, 0.1) is 24.1 Å². The predicted molar refractivity (Wildman–Crippen MR) is 71.1 cm³/mol. The van der Waals surface area contributed by atoms with Gasteiger partial charge in [-0.3, -0.25) is 0 Å². The van der Waals surface area contributed by atoms with Crippen LogP contribution in [-0.4, -0.2) is 4.98 Å². The zero-order valence-corrected chi connectivity index (χ0v) is 11.1. The lowest BCUT2D eigenvalue weighted by molar-refractivity contribution is 0.624. The number of halogens is 2. The van der Waals surface area contributed by atoms with Gasteiger partial charge in [0.25, 0.3) is 0 Å². The second kappa shape index (κ2) is 5.15. The number of nitriles is 1. The van der Waals surface area contributed by atoms with Crippen LogP contribution in [0.15, 0.2) is 34.9 Å². The van der Waals surface area contributed by atoms with Crippen molar-refractivity contribution in [3.63, 3.8) is 0 Å². The predicted octanol–water partition coefficient (Wildman–Crippen LogP) is 3.91. The van der Waals surface area contributed by atoms with Crippen molar-refractivity contribution in [3.05, 3.63) is 51.9 Å². The average Bonchev–Trinajstić information content (AvgIpc) is 2.34. The van der Waals surface area contributed by atoms with Crippen LogP contribution in [0.2, 0.25) is 0 Å². The molecule has 0 fully saturated rings. The summed E-state index contributed by atoms with van der Waals surface area (Å²) < 4.78 is 14.3. The van der Waals surface area contributed by atoms with E-state index in [1.807, 2.05) is 19.1 Å². The van der Waals surface area contributed by atoms with Gasteiger partial charge in [-0.2, -0.15) is 5.26 Å². The first-order chi connectivity index (χ1) is 8.61. The van der Waals surface area contributed by atoms with Gasteiger partial charge < -0.3 is 5.32 Å². The molecule has 1 N–H and O–H groups in total. The molecule has 18 heavy (non-hydrogen) atoms. The third kappa shape index (κ3) is 2.49. The standard InChI is InChI=1S/C13H9BrFN3/c1-8-5-13(17-7-10(8)14)18-12-4-2-3-11(15)9(12)6-16/h2-5,7H,1H3,(H,17,18). The molecule has 0 amide bonds. The molecule has 1 heterocycles. The molecular weight excluding hydrogens is 297 g/mol. The van der Waals surface area contributed by atoms with E-state index in [0.717, 1.165) is 10.0 Å². The fraction of sp³-hybridized carbons (Fsp3) is 0.0769. The zero-order valence-electron chi connectivity index (χ0n) is 9.54. The number of pyridine rings is 1. The Morgan fingerprint density at radius 1 is 1.44 bits per heavy atom. The topological polar surface area (TPSA) is 48.7 Å². The summed E-state index contributed by atoms with van der Waals surface area (Å²) in [6, 6.07) is 8.09. The minimum Gasteiger partial charge on any atom is -0.339 e. The fourth-order valence-electron chi connectivity index (χ4n) is 1.49. The molecule has 0 saturated heterocycles. The Balaban J connectivity index is 2.37. The first-order valence-corrected chi connectivity index (χ1v) is 5.99. The maximum Gasteiger partial charge on any atom is 0.143 e. The van der Waals surface area contributed by atoms with Crippen molar-refractivity contribution >= 4 is 27.4 Å². The number of nitrogens with zero attached hydrogens (tertiary/aromatic N) is 2. The Bertz CT molecular complexity index is 635. The van der Waals surface area contributed by atoms with E-state index in [4.69, 9.17) is 5.26 Å². The van der Waals surface area contributed by atoms with E-state index in [9.17, 15) is 4.39 Å². The Hall–Kier alpha value is -1.93. The summed E-state index contributed by atoms with van der Waals surface area (Å²) in [4.78, 5) is 4.15. The van der Waals surface area contributed by atoms with E-state index in [2.05, 4.69) is 26.2 Å². The lowest BCUT2D eigenvalue weighted by Crippen LogP contribution is -1.98. The van der Waals surface area contributed by atoms with Gasteiger partial charge in [0.05, 0.1) is 5.69 Å². The maximum absolute atomic E-state index is 13.4. The van der Waals surface area contributed by atoms with Gasteiger partial charge in [0.15, 0.2) is 0 Å². The van der Waals surface area contributed by atoms with E-state index in [0.29, 0.717) is 11.5 Å². The molecule has 0 aliphatic heterocycles. The van der Waals surface area contributed by atoms with Crippen molar-refractivity contribution in [1.29, 1.82) is 5.26 Å². The van der Waals surface area contributed by atoms with Crippen molar-refractivity contribution in [2.45, 2.75) is 6.92 Å². The number of anilines is 2. The molecule has 0 bridgehead atoms. The van der Waals surface area contributed by atoms with Crippen LogP contribution in [0.5, 0.6) is 0 Å². The van der Waals surface area contributed by atoms with Crippen molar-refractivity contribution in [2.75, 3.05) is 5.32 Å². The van der Waals surface area contributed by atoms with E-state index in [1.165, 1.54) is 6.07 Å². The highest BCUT2D eigenvalue weighted by Crippen LogP contribution is 2.23. The van der Waals surface area contributed by atoms with E-state index < -0.39 is 5.82 Å². The van der Waals surface area contributed by atoms with Gasteiger partial charge in [-0.05, 0) is 46.6 Å². The largest absolute Gasteiger partial charge is 0.339 e. The highest BCUT2D eigenvalue weighted by molar-refractivity contribution is 9.10. The molecule has 0 atom stereocenters. The van der Waals surface area contributed by atoms with Gasteiger partial charge in [0, 0.05) is 10.7 Å². The molecule has 0 unspecified atom stereocenters. The van der Waals surface area contributed by atoms with Gasteiger partial charge >= 0.3 is 0 Å². The van der Waals surface area contributed by atoms with Crippen LogP contribution < -0.4 is 5.32 Å². The van der Waals surface area contributed by atoms with Crippen molar-refractivity contribution < 1.29 is 4.39 Å². The lowest BCUT2D eigenvalue weighted by atomic mass is 10.2. The summed E-state index contributed by atoms with van der Waals surface area (Å²) in [7, 11) is 0. The number of aryl methyl sites for hydroxylation is 1. The molecule has 90 valence electrons. The summed E-state index contributed by atoms with van der Waals surface area (Å²) in [5, 5.41) is 11.9. The third-order valence-corrected chi connectivity index (χ3v) is 3.27. The number of rotatable bonds is 2. The number of hydrogen-bond donors (Lipinski definition) is 1. The molecule has 1 aromatic heterocycles. The van der Waals surface area contributed by atoms with Crippen molar-refractivity contribution in [1.82, 2.24) is 4.98 Å². The average molecular weight is 306 g/mol. The van der Waals surface area contributed by atoms with E-state index in [-0.39, 0.29) is 5.56 Å². The molecule has 0 aliphatic rings. The van der Waals surface area contributed by atoms with Crippen LogP contribution in [0.25, 0.3) is 0 Å². The monoisotopic (exact) mass is 305 g/mol. The normalized spacial score (nSPS) is 9.89. The van der Waals surface area contributed by atoms with Gasteiger partial charge in [0.1, 0.15) is 23.3 Å². The molecule has 2 aromatic rings. The number of benzene rings is 1. The Labute approximate surface area is 112 Å². The summed E-state index contributed by atoms with van der Waals surface area (Å²) >= 11 is 3.35. The quantitative estimate of drug-likeness (QED) is 0.915. The van der Waals surface area contributed by atoms with Crippen molar-refractivity contribution in [2.24, 2.45) is 0 Å². The molecule has 1 aromatic carbocycles. The highest BCUT2D eigenvalue weighted by Gasteiger charge is 2.08. The second-order valence-electron chi connectivity index (χ2n) is 3.72. The molecule has 0 radical (unpaired) electrons. The van der Waals surface area contributed by atoms with Crippen LogP contribution in [-0.2, 0) is 0 Å². The second-order valence-corrected chi connectivity index (χ2v) is 4.57. The SMILES string of the molecule is Cc1cc(Nc2cccc(F)c2C#N)ncc1Br. The molecule has 5 heteroatoms. The number of hydrogen-bond acceptors (Lipinski definition) is 3. The van der Waals surface area contributed by atoms with Crippen LogP contribution in [0.1, 0.15) is 11.1 Å². The maximum atomic E-state index is 13.4. The summed E-state index contributed by atoms with van der Waals surface area (Å²) in [6.45, 7) is 1.92. The van der Waals surface area contributed by atoms with Crippen LogP contribution in [0.3, 0.4) is 0 Å². The van der Waals surface area contributed by atoms with Gasteiger partial charge in [-0.1, -0.05) is 6.07 Å². The molecule has 2 rings (SSSR count). The number of nitrogens with one attached hydrogen (secondary N) is 1. The minimum absolute atomic E-state index is 0.0140. The highest BCUT2D eigenvalue weighted by atomic mass is 79.9. The van der Waals surface area contributed by atoms with Gasteiger partial charge in [-0.15, -0.1) is 0 Å². The summed E-state index contributed by atoms with van der Waals surface area (Å²) in [5.41, 5.74) is 1.40. The van der Waals surface area contributed by atoms with Gasteiger partial charge in [-0.25, -0.2) is 9.37 Å².